The van der Waals surface area contributed by atoms with Crippen LogP contribution in [0.25, 0.3) is 11.0 Å². The van der Waals surface area contributed by atoms with Gasteiger partial charge in [-0.25, -0.2) is 9.97 Å². The van der Waals surface area contributed by atoms with E-state index in [0.717, 1.165) is 58.5 Å². The molecule has 2 N–H and O–H groups in total. The Morgan fingerprint density at radius 3 is 2.92 bits per heavy atom. The van der Waals surface area contributed by atoms with Crippen LogP contribution in [0.1, 0.15) is 12.6 Å². The van der Waals surface area contributed by atoms with Crippen molar-refractivity contribution in [3.05, 3.63) is 35.2 Å². The van der Waals surface area contributed by atoms with Crippen molar-refractivity contribution in [3.63, 3.8) is 0 Å². The van der Waals surface area contributed by atoms with Crippen LogP contribution >= 0.6 is 23.4 Å². The first-order valence-corrected chi connectivity index (χ1v) is 10.1. The minimum atomic E-state index is 0.567. The molecule has 26 heavy (non-hydrogen) atoms. The van der Waals surface area contributed by atoms with Crippen LogP contribution in [-0.2, 0) is 6.42 Å². The highest BCUT2D eigenvalue weighted by atomic mass is 35.5. The van der Waals surface area contributed by atoms with Crippen LogP contribution in [0.15, 0.2) is 34.6 Å². The number of aromatic amines is 1. The summed E-state index contributed by atoms with van der Waals surface area (Å²) in [6.07, 6.45) is 4.44. The van der Waals surface area contributed by atoms with Crippen molar-refractivity contribution in [3.8, 4) is 0 Å². The summed E-state index contributed by atoms with van der Waals surface area (Å²) in [5.74, 6) is 1.65. The predicted molar refractivity (Wildman–Crippen MR) is 104 cm³/mol. The standard InChI is InChI=1S/C18H19ClN6S/c1-2-12-15(19)14-16(22-12)23-18(26-11-4-3-5-20-7-11)24-17(14)25-8-10-6-21-13(10)9-25/h3-5,7,10,13,21H,2,6,8-9H2,1H3,(H,22,23,24). The lowest BCUT2D eigenvalue weighted by molar-refractivity contribution is 0.297. The maximum atomic E-state index is 6.67. The zero-order valence-corrected chi connectivity index (χ0v) is 15.9. The molecule has 5 heterocycles. The van der Waals surface area contributed by atoms with Gasteiger partial charge in [0, 0.05) is 54.6 Å². The summed E-state index contributed by atoms with van der Waals surface area (Å²) in [5.41, 5.74) is 1.83. The molecule has 3 aromatic heterocycles. The van der Waals surface area contributed by atoms with Crippen LogP contribution in [0.4, 0.5) is 5.82 Å². The summed E-state index contributed by atoms with van der Waals surface area (Å²) in [6, 6.07) is 4.51. The van der Waals surface area contributed by atoms with Crippen molar-refractivity contribution in [1.82, 2.24) is 25.3 Å². The number of halogens is 1. The van der Waals surface area contributed by atoms with Crippen LogP contribution in [0, 0.1) is 5.92 Å². The highest BCUT2D eigenvalue weighted by molar-refractivity contribution is 7.99. The summed E-state index contributed by atoms with van der Waals surface area (Å²) in [7, 11) is 0. The molecule has 0 aliphatic carbocycles. The van der Waals surface area contributed by atoms with Gasteiger partial charge in [-0.15, -0.1) is 0 Å². The minimum Gasteiger partial charge on any atom is -0.354 e. The van der Waals surface area contributed by atoms with Crippen molar-refractivity contribution >= 4 is 40.2 Å². The number of anilines is 1. The van der Waals surface area contributed by atoms with Crippen molar-refractivity contribution in [2.75, 3.05) is 24.5 Å². The molecule has 0 amide bonds. The van der Waals surface area contributed by atoms with E-state index in [9.17, 15) is 0 Å². The maximum absolute atomic E-state index is 6.67. The molecule has 2 saturated heterocycles. The molecule has 6 nitrogen and oxygen atoms in total. The number of pyridine rings is 1. The first-order valence-electron chi connectivity index (χ1n) is 8.87. The highest BCUT2D eigenvalue weighted by Gasteiger charge is 2.40. The van der Waals surface area contributed by atoms with E-state index in [1.54, 1.807) is 6.20 Å². The number of hydrogen-bond donors (Lipinski definition) is 2. The summed E-state index contributed by atoms with van der Waals surface area (Å²) >= 11 is 8.20. The Labute approximate surface area is 160 Å². The van der Waals surface area contributed by atoms with Gasteiger partial charge in [0.25, 0.3) is 0 Å². The van der Waals surface area contributed by atoms with Gasteiger partial charge in [-0.05, 0) is 30.3 Å². The van der Waals surface area contributed by atoms with E-state index in [1.165, 1.54) is 11.8 Å². The van der Waals surface area contributed by atoms with Crippen LogP contribution in [-0.4, -0.2) is 45.6 Å². The topological polar surface area (TPSA) is 69.7 Å². The molecule has 0 aromatic carbocycles. The number of rotatable bonds is 4. The van der Waals surface area contributed by atoms with E-state index < -0.39 is 0 Å². The van der Waals surface area contributed by atoms with Gasteiger partial charge >= 0.3 is 0 Å². The number of aryl methyl sites for hydroxylation is 1. The second-order valence-corrected chi connectivity index (χ2v) is 8.21. The Balaban J connectivity index is 1.61. The van der Waals surface area contributed by atoms with E-state index in [-0.39, 0.29) is 0 Å². The van der Waals surface area contributed by atoms with Crippen LogP contribution in [0.3, 0.4) is 0 Å². The normalized spacial score (nSPS) is 21.8. The lowest BCUT2D eigenvalue weighted by atomic mass is 9.96. The van der Waals surface area contributed by atoms with Gasteiger partial charge in [0.15, 0.2) is 5.16 Å². The zero-order chi connectivity index (χ0) is 17.7. The second kappa shape index (κ2) is 6.40. The molecule has 0 bridgehead atoms. The average molecular weight is 387 g/mol. The van der Waals surface area contributed by atoms with E-state index in [2.05, 4.69) is 27.1 Å². The summed E-state index contributed by atoms with van der Waals surface area (Å²) in [4.78, 5) is 20.6. The lowest BCUT2D eigenvalue weighted by Gasteiger charge is -2.29. The maximum Gasteiger partial charge on any atom is 0.196 e. The molecule has 2 unspecified atom stereocenters. The fraction of sp³-hybridized carbons (Fsp3) is 0.389. The van der Waals surface area contributed by atoms with E-state index >= 15 is 0 Å². The summed E-state index contributed by atoms with van der Waals surface area (Å²) in [6.45, 7) is 5.17. The predicted octanol–water partition coefficient (Wildman–Crippen LogP) is 3.13. The molecule has 8 heteroatoms. The van der Waals surface area contributed by atoms with E-state index in [4.69, 9.17) is 21.6 Å². The summed E-state index contributed by atoms with van der Waals surface area (Å²) in [5, 5.41) is 5.91. The molecule has 2 aliphatic rings. The number of fused-ring (bicyclic) bond motifs is 2. The third-order valence-electron chi connectivity index (χ3n) is 5.20. The Hall–Kier alpha value is -1.83. The molecular weight excluding hydrogens is 368 g/mol. The number of hydrogen-bond acceptors (Lipinski definition) is 6. The number of nitrogens with one attached hydrogen (secondary N) is 2. The molecule has 0 saturated carbocycles. The number of H-pyrrole nitrogens is 1. The fourth-order valence-corrected chi connectivity index (χ4v) is 4.82. The number of nitrogens with zero attached hydrogens (tertiary/aromatic N) is 4. The smallest absolute Gasteiger partial charge is 0.196 e. The van der Waals surface area contributed by atoms with Gasteiger partial charge in [-0.3, -0.25) is 4.98 Å². The van der Waals surface area contributed by atoms with Crippen molar-refractivity contribution in [1.29, 1.82) is 0 Å². The van der Waals surface area contributed by atoms with Gasteiger partial charge in [0.1, 0.15) is 11.5 Å². The van der Waals surface area contributed by atoms with Gasteiger partial charge in [-0.1, -0.05) is 18.5 Å². The highest BCUT2D eigenvalue weighted by Crippen LogP contribution is 2.38. The van der Waals surface area contributed by atoms with Crippen LogP contribution < -0.4 is 10.2 Å². The Morgan fingerprint density at radius 2 is 2.27 bits per heavy atom. The molecule has 0 spiro atoms. The average Bonchev–Trinajstić information content (AvgIpc) is 3.12. The molecule has 5 rings (SSSR count). The van der Waals surface area contributed by atoms with Gasteiger partial charge in [-0.2, -0.15) is 0 Å². The van der Waals surface area contributed by atoms with Gasteiger partial charge < -0.3 is 15.2 Å². The third-order valence-corrected chi connectivity index (χ3v) is 6.46. The summed E-state index contributed by atoms with van der Waals surface area (Å²) < 4.78 is 0. The van der Waals surface area contributed by atoms with Crippen LogP contribution in [0.2, 0.25) is 5.02 Å². The molecule has 2 fully saturated rings. The molecule has 3 aromatic rings. The van der Waals surface area contributed by atoms with Crippen molar-refractivity contribution < 1.29 is 0 Å². The Bertz CT molecular complexity index is 947. The zero-order valence-electron chi connectivity index (χ0n) is 14.4. The SMILES string of the molecule is CCc1[nH]c2nc(Sc3cccnc3)nc(N3CC4CNC4C3)c2c1Cl. The molecule has 0 radical (unpaired) electrons. The van der Waals surface area contributed by atoms with E-state index in [0.29, 0.717) is 17.1 Å². The first-order chi connectivity index (χ1) is 12.7. The van der Waals surface area contributed by atoms with E-state index in [1.807, 2.05) is 18.3 Å². The first kappa shape index (κ1) is 16.4. The Kier molecular flexibility index (Phi) is 4.03. The largest absolute Gasteiger partial charge is 0.354 e. The number of aromatic nitrogens is 4. The van der Waals surface area contributed by atoms with Crippen LogP contribution in [0.5, 0.6) is 0 Å². The molecular formula is C18H19ClN6S. The minimum absolute atomic E-state index is 0.567. The monoisotopic (exact) mass is 386 g/mol. The quantitative estimate of drug-likeness (QED) is 0.671. The van der Waals surface area contributed by atoms with Gasteiger partial charge in [0.2, 0.25) is 0 Å². The van der Waals surface area contributed by atoms with Gasteiger partial charge in [0.05, 0.1) is 10.4 Å². The second-order valence-electron chi connectivity index (χ2n) is 6.80. The molecule has 134 valence electrons. The third kappa shape index (κ3) is 2.66. The lowest BCUT2D eigenvalue weighted by Crippen LogP contribution is -2.51. The van der Waals surface area contributed by atoms with Crippen molar-refractivity contribution in [2.24, 2.45) is 5.92 Å². The van der Waals surface area contributed by atoms with Crippen molar-refractivity contribution in [2.45, 2.75) is 29.4 Å². The molecule has 2 atom stereocenters. The molecule has 2 aliphatic heterocycles. The Morgan fingerprint density at radius 1 is 1.35 bits per heavy atom. The fourth-order valence-electron chi connectivity index (χ4n) is 3.73.